The van der Waals surface area contributed by atoms with E-state index < -0.39 is 15.8 Å². The monoisotopic (exact) mass is 616 g/mol. The first-order valence-electron chi connectivity index (χ1n) is 14.1. The maximum absolute atomic E-state index is 13.2. The van der Waals surface area contributed by atoms with Crippen LogP contribution in [-0.2, 0) is 21.4 Å². The number of fused-ring (bicyclic) bond motifs is 1. The zero-order valence-corrected chi connectivity index (χ0v) is 24.9. The maximum Gasteiger partial charge on any atom is 0.290 e. The van der Waals surface area contributed by atoms with Gasteiger partial charge < -0.3 is 19.9 Å². The third-order valence-electron chi connectivity index (χ3n) is 7.56. The van der Waals surface area contributed by atoms with Crippen molar-refractivity contribution in [1.82, 2.24) is 19.4 Å². The minimum absolute atomic E-state index is 0.0124. The Hall–Kier alpha value is -4.81. The molecular formula is C32H33FN6O4S. The van der Waals surface area contributed by atoms with Gasteiger partial charge in [-0.1, -0.05) is 6.07 Å². The highest BCUT2D eigenvalue weighted by Crippen LogP contribution is 2.28. The van der Waals surface area contributed by atoms with E-state index in [0.29, 0.717) is 17.4 Å². The van der Waals surface area contributed by atoms with E-state index in [-0.39, 0.29) is 11.4 Å². The molecule has 44 heavy (non-hydrogen) atoms. The van der Waals surface area contributed by atoms with Crippen molar-refractivity contribution in [3.8, 4) is 11.3 Å². The lowest BCUT2D eigenvalue weighted by Crippen LogP contribution is -2.31. The van der Waals surface area contributed by atoms with E-state index in [1.807, 2.05) is 6.07 Å². The molecule has 228 valence electrons. The van der Waals surface area contributed by atoms with Crippen LogP contribution in [0.5, 0.6) is 0 Å². The summed E-state index contributed by atoms with van der Waals surface area (Å²) in [5, 5.41) is 11.3. The van der Waals surface area contributed by atoms with Crippen molar-refractivity contribution in [2.24, 2.45) is 5.92 Å². The van der Waals surface area contributed by atoms with Crippen molar-refractivity contribution >= 4 is 44.6 Å². The Morgan fingerprint density at radius 3 is 2.34 bits per heavy atom. The van der Waals surface area contributed by atoms with Crippen LogP contribution >= 0.6 is 0 Å². The highest BCUT2D eigenvalue weighted by molar-refractivity contribution is 7.92. The summed E-state index contributed by atoms with van der Waals surface area (Å²) in [4.78, 5) is 19.6. The number of benzene rings is 3. The summed E-state index contributed by atoms with van der Waals surface area (Å²) in [5.74, 6) is 0.834. The van der Waals surface area contributed by atoms with E-state index in [2.05, 4.69) is 67.0 Å². The second-order valence-corrected chi connectivity index (χ2v) is 12.3. The molecule has 3 aromatic carbocycles. The van der Waals surface area contributed by atoms with Crippen molar-refractivity contribution in [3.05, 3.63) is 97.2 Å². The van der Waals surface area contributed by atoms with Crippen molar-refractivity contribution in [3.63, 3.8) is 0 Å². The zero-order chi connectivity index (χ0) is 31.1. The van der Waals surface area contributed by atoms with Crippen LogP contribution in [0.25, 0.3) is 22.2 Å². The predicted octanol–water partition coefficient (Wildman–Crippen LogP) is 5.82. The largest absolute Gasteiger partial charge is 0.483 e. The molecule has 0 saturated carbocycles. The number of carboxylic acid groups (broad SMARTS) is 1. The van der Waals surface area contributed by atoms with Crippen molar-refractivity contribution in [2.75, 3.05) is 30.2 Å². The third kappa shape index (κ3) is 7.57. The first kappa shape index (κ1) is 30.6. The highest BCUT2D eigenvalue weighted by atomic mass is 32.2. The topological polar surface area (TPSA) is 129 Å². The van der Waals surface area contributed by atoms with Crippen molar-refractivity contribution in [1.29, 1.82) is 0 Å². The number of anilines is 3. The number of sulfonamides is 1. The van der Waals surface area contributed by atoms with Crippen LogP contribution in [0.15, 0.2) is 96.3 Å². The molecule has 10 nitrogen and oxygen atoms in total. The molecule has 0 unspecified atom stereocenters. The van der Waals surface area contributed by atoms with E-state index >= 15 is 0 Å². The van der Waals surface area contributed by atoms with E-state index in [1.54, 1.807) is 24.3 Å². The Labute approximate surface area is 255 Å². The molecule has 0 bridgehead atoms. The van der Waals surface area contributed by atoms with Gasteiger partial charge in [0.25, 0.3) is 16.5 Å². The van der Waals surface area contributed by atoms with Gasteiger partial charge in [0.2, 0.25) is 0 Å². The van der Waals surface area contributed by atoms with Crippen LogP contribution in [0.3, 0.4) is 0 Å². The molecule has 5 aromatic rings. The molecule has 2 aromatic heterocycles. The molecule has 6 rings (SSSR count). The third-order valence-corrected chi connectivity index (χ3v) is 8.96. The van der Waals surface area contributed by atoms with Crippen LogP contribution in [0.4, 0.5) is 21.6 Å². The van der Waals surface area contributed by atoms with Gasteiger partial charge in [-0.05, 0) is 106 Å². The number of nitrogens with one attached hydrogen (secondary N) is 2. The fourth-order valence-electron chi connectivity index (χ4n) is 5.22. The second-order valence-electron chi connectivity index (χ2n) is 10.6. The number of aromatic nitrogens is 3. The molecule has 0 atom stereocenters. The summed E-state index contributed by atoms with van der Waals surface area (Å²) in [5.41, 5.74) is 4.16. The first-order chi connectivity index (χ1) is 21.2. The molecule has 0 amide bonds. The number of rotatable bonds is 8. The smallest absolute Gasteiger partial charge is 0.290 e. The second kappa shape index (κ2) is 13.7. The minimum Gasteiger partial charge on any atom is -0.483 e. The number of carbonyl (C=O) groups is 1. The van der Waals surface area contributed by atoms with Gasteiger partial charge in [0.1, 0.15) is 18.0 Å². The Bertz CT molecular complexity index is 1820. The molecule has 1 aliphatic heterocycles. The summed E-state index contributed by atoms with van der Waals surface area (Å²) < 4.78 is 43.2. The molecular weight excluding hydrogens is 583 g/mol. The molecule has 1 saturated heterocycles. The minimum atomic E-state index is -3.82. The van der Waals surface area contributed by atoms with Crippen molar-refractivity contribution < 1.29 is 22.7 Å². The number of likely N-dealkylation sites (tertiary alicyclic amines) is 1. The summed E-state index contributed by atoms with van der Waals surface area (Å²) in [6.45, 7) is 3.13. The van der Waals surface area contributed by atoms with Crippen molar-refractivity contribution in [2.45, 2.75) is 24.3 Å². The lowest BCUT2D eigenvalue weighted by atomic mass is 9.97. The SMILES string of the molecule is CN1CCC(Cn2ccc3cc(-c4cc(Nc5ccc(NS(=O)(=O)c6ccc(F)cc6)cc5)ncn4)ccc32)CC1.O=CO. The van der Waals surface area contributed by atoms with Gasteiger partial charge in [-0.3, -0.25) is 9.52 Å². The van der Waals surface area contributed by atoms with Crippen LogP contribution in [0, 0.1) is 11.7 Å². The van der Waals surface area contributed by atoms with Gasteiger partial charge in [0.15, 0.2) is 0 Å². The number of hydrogen-bond acceptors (Lipinski definition) is 7. The highest BCUT2D eigenvalue weighted by Gasteiger charge is 2.18. The molecule has 0 aliphatic carbocycles. The average Bonchev–Trinajstić information content (AvgIpc) is 3.42. The van der Waals surface area contributed by atoms with Gasteiger partial charge in [-0.25, -0.2) is 22.8 Å². The van der Waals surface area contributed by atoms with Gasteiger partial charge >= 0.3 is 0 Å². The molecule has 0 radical (unpaired) electrons. The summed E-state index contributed by atoms with van der Waals surface area (Å²) in [7, 11) is -1.63. The normalized spacial score (nSPS) is 14.0. The number of nitrogens with zero attached hydrogens (tertiary/aromatic N) is 4. The molecule has 3 N–H and O–H groups in total. The molecule has 1 fully saturated rings. The lowest BCUT2D eigenvalue weighted by molar-refractivity contribution is -0.122. The summed E-state index contributed by atoms with van der Waals surface area (Å²) in [6, 6.07) is 22.0. The van der Waals surface area contributed by atoms with Gasteiger partial charge in [-0.2, -0.15) is 0 Å². The molecule has 3 heterocycles. The Morgan fingerprint density at radius 1 is 0.955 bits per heavy atom. The summed E-state index contributed by atoms with van der Waals surface area (Å²) in [6.07, 6.45) is 6.18. The van der Waals surface area contributed by atoms with Gasteiger partial charge in [0.05, 0.1) is 10.6 Å². The Morgan fingerprint density at radius 2 is 1.64 bits per heavy atom. The Kier molecular flexibility index (Phi) is 9.51. The van der Waals surface area contributed by atoms with Crippen LogP contribution in [0.1, 0.15) is 12.8 Å². The number of piperidine rings is 1. The van der Waals surface area contributed by atoms with E-state index in [4.69, 9.17) is 9.90 Å². The predicted molar refractivity (Wildman–Crippen MR) is 169 cm³/mol. The fraction of sp³-hybridized carbons (Fsp3) is 0.219. The van der Waals surface area contributed by atoms with Crippen LogP contribution < -0.4 is 10.0 Å². The fourth-order valence-corrected chi connectivity index (χ4v) is 6.28. The van der Waals surface area contributed by atoms with Crippen LogP contribution in [0.2, 0.25) is 0 Å². The standard InChI is InChI=1S/C31H31FN6O2S.CH2O2/c1-37-15-12-22(13-16-37)20-38-17-14-24-18-23(2-11-30(24)38)29-19-31(34-21-33-29)35-26-5-7-27(8-6-26)36-41(39,40)28-9-3-25(32)4-10-28;2-1-3/h2-11,14,17-19,21-22,36H,12-13,15-16,20H2,1H3,(H,33,34,35);1H,(H,2,3). The molecule has 0 spiro atoms. The number of hydrogen-bond donors (Lipinski definition) is 3. The maximum atomic E-state index is 13.2. The molecule has 12 heteroatoms. The molecule has 1 aliphatic rings. The van der Waals surface area contributed by atoms with E-state index in [9.17, 15) is 12.8 Å². The summed E-state index contributed by atoms with van der Waals surface area (Å²) >= 11 is 0. The first-order valence-corrected chi connectivity index (χ1v) is 15.6. The zero-order valence-electron chi connectivity index (χ0n) is 24.1. The number of halogens is 1. The van der Waals surface area contributed by atoms with Crippen LogP contribution in [-0.4, -0.2) is 59.6 Å². The average molecular weight is 617 g/mol. The van der Waals surface area contributed by atoms with E-state index in [1.165, 1.54) is 55.3 Å². The van der Waals surface area contributed by atoms with Gasteiger partial charge in [0, 0.05) is 46.6 Å². The lowest BCUT2D eigenvalue weighted by Gasteiger charge is -2.29. The Balaban J connectivity index is 0.00000123. The van der Waals surface area contributed by atoms with E-state index in [0.717, 1.165) is 35.6 Å². The quantitative estimate of drug-likeness (QED) is 0.186. The van der Waals surface area contributed by atoms with Gasteiger partial charge in [-0.15, -0.1) is 0 Å².